The average molecular weight is 181 g/mol. The fraction of sp³-hybridized carbons (Fsp3) is 1.00. The van der Waals surface area contributed by atoms with E-state index in [1.165, 1.54) is 38.5 Å². The molecule has 2 aliphatic carbocycles. The van der Waals surface area contributed by atoms with Crippen molar-refractivity contribution in [3.05, 3.63) is 0 Å². The van der Waals surface area contributed by atoms with E-state index in [1.54, 1.807) is 0 Å². The maximum absolute atomic E-state index is 5.69. The van der Waals surface area contributed by atoms with Crippen LogP contribution in [0, 0.1) is 16.7 Å². The summed E-state index contributed by atoms with van der Waals surface area (Å²) in [6.45, 7) is 5.74. The fourth-order valence-electron chi connectivity index (χ4n) is 3.27. The summed E-state index contributed by atoms with van der Waals surface area (Å²) in [5.74, 6) is 1.01. The van der Waals surface area contributed by atoms with Gasteiger partial charge in [0.15, 0.2) is 0 Å². The highest BCUT2D eigenvalue weighted by atomic mass is 14.6. The van der Waals surface area contributed by atoms with Crippen LogP contribution in [0.2, 0.25) is 0 Å². The molecule has 0 amide bonds. The van der Waals surface area contributed by atoms with Crippen LogP contribution in [0.25, 0.3) is 0 Å². The third kappa shape index (κ3) is 1.76. The molecule has 0 radical (unpaired) electrons. The van der Waals surface area contributed by atoms with Gasteiger partial charge < -0.3 is 5.73 Å². The normalized spacial score (nSPS) is 34.8. The zero-order chi connectivity index (χ0) is 9.53. The van der Waals surface area contributed by atoms with Crippen molar-refractivity contribution in [1.29, 1.82) is 0 Å². The molecule has 0 aromatic rings. The molecule has 2 aliphatic rings. The quantitative estimate of drug-likeness (QED) is 0.711. The summed E-state index contributed by atoms with van der Waals surface area (Å²) in [6.07, 6.45) is 8.56. The second-order valence-electron chi connectivity index (χ2n) is 6.00. The lowest BCUT2D eigenvalue weighted by Crippen LogP contribution is -2.19. The molecule has 2 saturated carbocycles. The summed E-state index contributed by atoms with van der Waals surface area (Å²) in [6, 6.07) is 0. The first-order valence-electron chi connectivity index (χ1n) is 5.78. The molecule has 1 atom stereocenters. The molecule has 13 heavy (non-hydrogen) atoms. The Hall–Kier alpha value is -0.0400. The first kappa shape index (κ1) is 9.51. The average Bonchev–Trinajstić information content (AvgIpc) is 2.72. The standard InChI is InChI=1S/C12H23N/c1-11(2)4-3-10(9-11)12(5-6-12)7-8-13/h10H,3-9,13H2,1-2H3. The maximum atomic E-state index is 5.69. The Morgan fingerprint density at radius 3 is 2.31 bits per heavy atom. The topological polar surface area (TPSA) is 26.0 Å². The van der Waals surface area contributed by atoms with Gasteiger partial charge in [0.2, 0.25) is 0 Å². The molecular formula is C12H23N. The van der Waals surface area contributed by atoms with E-state index in [0.29, 0.717) is 10.8 Å². The van der Waals surface area contributed by atoms with E-state index in [9.17, 15) is 0 Å². The fourth-order valence-corrected chi connectivity index (χ4v) is 3.27. The highest BCUT2D eigenvalue weighted by Gasteiger charge is 2.51. The predicted octanol–water partition coefficient (Wildman–Crippen LogP) is 2.94. The molecule has 0 saturated heterocycles. The first-order chi connectivity index (χ1) is 6.08. The summed E-state index contributed by atoms with van der Waals surface area (Å²) in [5, 5.41) is 0. The monoisotopic (exact) mass is 181 g/mol. The van der Waals surface area contributed by atoms with E-state index in [-0.39, 0.29) is 0 Å². The van der Waals surface area contributed by atoms with Crippen LogP contribution in [0.5, 0.6) is 0 Å². The molecule has 1 nitrogen and oxygen atoms in total. The van der Waals surface area contributed by atoms with Gasteiger partial charge in [-0.25, -0.2) is 0 Å². The van der Waals surface area contributed by atoms with Crippen LogP contribution < -0.4 is 5.73 Å². The Balaban J connectivity index is 1.95. The van der Waals surface area contributed by atoms with Gasteiger partial charge in [-0.15, -0.1) is 0 Å². The van der Waals surface area contributed by atoms with Crippen LogP contribution in [0.4, 0.5) is 0 Å². The van der Waals surface area contributed by atoms with Crippen molar-refractivity contribution in [1.82, 2.24) is 0 Å². The van der Waals surface area contributed by atoms with Crippen molar-refractivity contribution in [2.45, 2.75) is 52.4 Å². The Labute approximate surface area is 82.1 Å². The zero-order valence-electron chi connectivity index (χ0n) is 9.10. The zero-order valence-corrected chi connectivity index (χ0v) is 9.10. The van der Waals surface area contributed by atoms with Crippen molar-refractivity contribution >= 4 is 0 Å². The molecule has 0 aliphatic heterocycles. The second-order valence-corrected chi connectivity index (χ2v) is 6.00. The van der Waals surface area contributed by atoms with Crippen LogP contribution in [-0.4, -0.2) is 6.54 Å². The minimum atomic E-state index is 0.620. The molecule has 0 bridgehead atoms. The van der Waals surface area contributed by atoms with Gasteiger partial charge in [0, 0.05) is 0 Å². The van der Waals surface area contributed by atoms with E-state index in [1.807, 2.05) is 0 Å². The summed E-state index contributed by atoms with van der Waals surface area (Å²) < 4.78 is 0. The van der Waals surface area contributed by atoms with E-state index in [2.05, 4.69) is 13.8 Å². The van der Waals surface area contributed by atoms with Crippen molar-refractivity contribution in [3.63, 3.8) is 0 Å². The number of nitrogens with two attached hydrogens (primary N) is 1. The maximum Gasteiger partial charge on any atom is -0.00719 e. The Morgan fingerprint density at radius 1 is 1.23 bits per heavy atom. The molecule has 1 unspecified atom stereocenters. The van der Waals surface area contributed by atoms with Gasteiger partial charge in [-0.3, -0.25) is 0 Å². The summed E-state index contributed by atoms with van der Waals surface area (Å²) in [4.78, 5) is 0. The van der Waals surface area contributed by atoms with E-state index in [4.69, 9.17) is 5.73 Å². The Morgan fingerprint density at radius 2 is 1.92 bits per heavy atom. The molecule has 0 aromatic carbocycles. The summed E-state index contributed by atoms with van der Waals surface area (Å²) >= 11 is 0. The van der Waals surface area contributed by atoms with Crippen molar-refractivity contribution in [2.75, 3.05) is 6.54 Å². The number of hydrogen-bond acceptors (Lipinski definition) is 1. The molecule has 0 spiro atoms. The second kappa shape index (κ2) is 2.98. The highest BCUT2D eigenvalue weighted by molar-refractivity contribution is 5.02. The number of hydrogen-bond donors (Lipinski definition) is 1. The van der Waals surface area contributed by atoms with Crippen LogP contribution in [-0.2, 0) is 0 Å². The van der Waals surface area contributed by atoms with Gasteiger partial charge in [0.05, 0.1) is 0 Å². The summed E-state index contributed by atoms with van der Waals surface area (Å²) in [5.41, 5.74) is 7.02. The van der Waals surface area contributed by atoms with Crippen molar-refractivity contribution in [3.8, 4) is 0 Å². The lowest BCUT2D eigenvalue weighted by atomic mass is 9.82. The van der Waals surface area contributed by atoms with Gasteiger partial charge >= 0.3 is 0 Å². The lowest BCUT2D eigenvalue weighted by molar-refractivity contribution is 0.264. The first-order valence-corrected chi connectivity index (χ1v) is 5.78. The molecule has 2 N–H and O–H groups in total. The smallest absolute Gasteiger partial charge is 0.00719 e. The molecule has 2 rings (SSSR count). The van der Waals surface area contributed by atoms with Crippen LogP contribution in [0.1, 0.15) is 52.4 Å². The van der Waals surface area contributed by atoms with Crippen LogP contribution >= 0.6 is 0 Å². The largest absolute Gasteiger partial charge is 0.330 e. The van der Waals surface area contributed by atoms with E-state index < -0.39 is 0 Å². The molecule has 1 heteroatoms. The Bertz CT molecular complexity index is 191. The molecule has 0 aromatic heterocycles. The highest BCUT2D eigenvalue weighted by Crippen LogP contribution is 2.62. The number of rotatable bonds is 3. The molecule has 76 valence electrons. The van der Waals surface area contributed by atoms with Gasteiger partial charge in [-0.05, 0) is 61.8 Å². The molecular weight excluding hydrogens is 158 g/mol. The van der Waals surface area contributed by atoms with Crippen LogP contribution in [0.15, 0.2) is 0 Å². The minimum absolute atomic E-state index is 0.620. The molecule has 0 heterocycles. The van der Waals surface area contributed by atoms with Crippen molar-refractivity contribution < 1.29 is 0 Å². The SMILES string of the molecule is CC1(C)CCC(C2(CCN)CC2)C1. The van der Waals surface area contributed by atoms with Crippen LogP contribution in [0.3, 0.4) is 0 Å². The minimum Gasteiger partial charge on any atom is -0.330 e. The van der Waals surface area contributed by atoms with Crippen molar-refractivity contribution in [2.24, 2.45) is 22.5 Å². The predicted molar refractivity (Wildman–Crippen MR) is 56.5 cm³/mol. The third-order valence-corrected chi connectivity index (χ3v) is 4.37. The lowest BCUT2D eigenvalue weighted by Gasteiger charge is -2.24. The van der Waals surface area contributed by atoms with E-state index >= 15 is 0 Å². The van der Waals surface area contributed by atoms with Gasteiger partial charge in [-0.1, -0.05) is 13.8 Å². The van der Waals surface area contributed by atoms with E-state index in [0.717, 1.165) is 12.5 Å². The van der Waals surface area contributed by atoms with Gasteiger partial charge in [0.1, 0.15) is 0 Å². The van der Waals surface area contributed by atoms with Gasteiger partial charge in [-0.2, -0.15) is 0 Å². The van der Waals surface area contributed by atoms with Gasteiger partial charge in [0.25, 0.3) is 0 Å². The third-order valence-electron chi connectivity index (χ3n) is 4.37. The Kier molecular flexibility index (Phi) is 2.18. The summed E-state index contributed by atoms with van der Waals surface area (Å²) in [7, 11) is 0. The molecule has 2 fully saturated rings.